The van der Waals surface area contributed by atoms with Crippen molar-refractivity contribution in [2.45, 2.75) is 45.6 Å². The number of carbonyl (C=O) groups is 1. The Hall–Kier alpha value is -4.52. The molecule has 4 aromatic rings. The molecule has 1 aliphatic rings. The number of hydrogen-bond donors (Lipinski definition) is 0. The monoisotopic (exact) mass is 638 g/mol. The first-order valence-corrected chi connectivity index (χ1v) is 15.2. The third kappa shape index (κ3) is 8.15. The number of nitrogens with zero attached hydrogens (tertiary/aromatic N) is 6. The van der Waals surface area contributed by atoms with E-state index in [1.165, 1.54) is 59.2 Å². The smallest absolute Gasteiger partial charge is 0.406 e. The minimum atomic E-state index is -4.78. The zero-order valence-electron chi connectivity index (χ0n) is 24.7. The van der Waals surface area contributed by atoms with Crippen molar-refractivity contribution < 1.29 is 27.1 Å². The number of aromatic nitrogens is 3. The van der Waals surface area contributed by atoms with Gasteiger partial charge in [-0.3, -0.25) is 0 Å². The lowest BCUT2D eigenvalue weighted by Crippen LogP contribution is -2.35. The summed E-state index contributed by atoms with van der Waals surface area (Å²) in [6.07, 6.45) is -3.14. The van der Waals surface area contributed by atoms with E-state index in [1.807, 2.05) is 11.8 Å². The Morgan fingerprint density at radius 1 is 1.07 bits per heavy atom. The molecule has 0 radical (unpaired) electrons. The van der Waals surface area contributed by atoms with Gasteiger partial charge in [0.15, 0.2) is 17.2 Å². The van der Waals surface area contributed by atoms with Crippen LogP contribution in [0.15, 0.2) is 83.0 Å². The Labute approximate surface area is 261 Å². The highest BCUT2D eigenvalue weighted by Crippen LogP contribution is 2.33. The molecular weight excluding hydrogens is 608 g/mol. The van der Waals surface area contributed by atoms with Gasteiger partial charge in [0.25, 0.3) is 0 Å². The molecule has 1 atom stereocenters. The number of amides is 2. The second-order valence-corrected chi connectivity index (χ2v) is 11.7. The average Bonchev–Trinajstić information content (AvgIpc) is 3.50. The molecule has 1 aromatic heterocycles. The SMILES string of the molecule is Cc1ccc(C(C)C)c(N2CCCSC2=NC(=O)N=CC(F)c2ccc(-c3ncn(-c4ccc(OC(F)(F)F)cc4)n3)cc2)c1. The molecule has 1 aliphatic heterocycles. The number of aliphatic imine (C=N–C) groups is 2. The second-order valence-electron chi connectivity index (χ2n) is 10.6. The summed E-state index contributed by atoms with van der Waals surface area (Å²) in [5, 5.41) is 4.90. The summed E-state index contributed by atoms with van der Waals surface area (Å²) in [5.74, 6) is 1.09. The molecular formula is C32H30F4N6O2S. The first kappa shape index (κ1) is 31.9. The van der Waals surface area contributed by atoms with E-state index in [9.17, 15) is 18.0 Å². The minimum absolute atomic E-state index is 0.276. The van der Waals surface area contributed by atoms with Crippen molar-refractivity contribution in [1.29, 1.82) is 0 Å². The fourth-order valence-electron chi connectivity index (χ4n) is 4.71. The number of amidine groups is 1. The molecule has 0 aliphatic carbocycles. The van der Waals surface area contributed by atoms with Crippen LogP contribution in [0.3, 0.4) is 0 Å². The maximum atomic E-state index is 15.0. The van der Waals surface area contributed by atoms with Crippen LogP contribution in [-0.2, 0) is 0 Å². The molecule has 3 aromatic carbocycles. The topological polar surface area (TPSA) is 85.0 Å². The van der Waals surface area contributed by atoms with Crippen molar-refractivity contribution in [2.24, 2.45) is 9.98 Å². The maximum Gasteiger partial charge on any atom is 0.573 e. The van der Waals surface area contributed by atoms with Crippen molar-refractivity contribution in [3.63, 3.8) is 0 Å². The van der Waals surface area contributed by atoms with Gasteiger partial charge in [-0.15, -0.1) is 18.3 Å². The van der Waals surface area contributed by atoms with Crippen molar-refractivity contribution in [3.05, 3.63) is 89.7 Å². The van der Waals surface area contributed by atoms with E-state index >= 15 is 4.39 Å². The Balaban J connectivity index is 1.24. The summed E-state index contributed by atoms with van der Waals surface area (Å²) in [4.78, 5) is 27.0. The van der Waals surface area contributed by atoms with Crippen molar-refractivity contribution >= 4 is 34.9 Å². The van der Waals surface area contributed by atoms with Crippen LogP contribution in [0.4, 0.5) is 28.0 Å². The first-order chi connectivity index (χ1) is 21.5. The van der Waals surface area contributed by atoms with Gasteiger partial charge in [-0.2, -0.15) is 4.99 Å². The minimum Gasteiger partial charge on any atom is -0.406 e. The summed E-state index contributed by atoms with van der Waals surface area (Å²) in [6, 6.07) is 17.0. The summed E-state index contributed by atoms with van der Waals surface area (Å²) >= 11 is 1.48. The van der Waals surface area contributed by atoms with E-state index in [1.54, 1.807) is 12.1 Å². The summed E-state index contributed by atoms with van der Waals surface area (Å²) in [6.45, 7) is 6.99. The van der Waals surface area contributed by atoms with Crippen molar-refractivity contribution in [2.75, 3.05) is 17.2 Å². The molecule has 2 heterocycles. The molecule has 234 valence electrons. The van der Waals surface area contributed by atoms with Crippen molar-refractivity contribution in [1.82, 2.24) is 14.8 Å². The number of aryl methyl sites for hydroxylation is 1. The molecule has 5 rings (SSSR count). The lowest BCUT2D eigenvalue weighted by molar-refractivity contribution is -0.274. The Morgan fingerprint density at radius 2 is 1.80 bits per heavy atom. The number of carbonyl (C=O) groups excluding carboxylic acids is 1. The zero-order valence-corrected chi connectivity index (χ0v) is 25.5. The molecule has 1 unspecified atom stereocenters. The summed E-state index contributed by atoms with van der Waals surface area (Å²) in [7, 11) is 0. The quantitative estimate of drug-likeness (QED) is 0.149. The van der Waals surface area contributed by atoms with Gasteiger partial charge in [0, 0.05) is 29.8 Å². The predicted octanol–water partition coefficient (Wildman–Crippen LogP) is 8.47. The Morgan fingerprint density at radius 3 is 2.49 bits per heavy atom. The van der Waals surface area contributed by atoms with Crippen LogP contribution >= 0.6 is 11.8 Å². The molecule has 0 saturated carbocycles. The van der Waals surface area contributed by atoms with Crippen LogP contribution in [0.1, 0.15) is 49.0 Å². The van der Waals surface area contributed by atoms with E-state index in [-0.39, 0.29) is 17.2 Å². The maximum absolute atomic E-state index is 15.0. The van der Waals surface area contributed by atoms with Crippen LogP contribution in [-0.4, -0.2) is 50.8 Å². The van der Waals surface area contributed by atoms with E-state index < -0.39 is 18.6 Å². The number of urea groups is 1. The fourth-order valence-corrected chi connectivity index (χ4v) is 5.66. The lowest BCUT2D eigenvalue weighted by atomic mass is 9.98. The molecule has 0 bridgehead atoms. The van der Waals surface area contributed by atoms with Gasteiger partial charge in [0.1, 0.15) is 12.1 Å². The molecule has 1 fully saturated rings. The van der Waals surface area contributed by atoms with Gasteiger partial charge in [-0.25, -0.2) is 23.8 Å². The standard InChI is InChI=1S/C32H30F4N6O2S/c1-20(2)26-14-5-21(3)17-28(26)41-15-4-16-45-31(41)39-30(43)37-18-27(33)22-6-8-23(9-7-22)29-38-19-42(40-29)24-10-12-25(13-11-24)44-32(34,35)36/h5-14,17-20,27H,4,15-16H2,1-3H3. The largest absolute Gasteiger partial charge is 0.573 e. The van der Waals surface area contributed by atoms with Crippen LogP contribution in [0.2, 0.25) is 0 Å². The number of hydrogen-bond acceptors (Lipinski definition) is 5. The third-order valence-corrected chi connectivity index (χ3v) is 7.97. The number of alkyl halides is 4. The predicted molar refractivity (Wildman–Crippen MR) is 168 cm³/mol. The number of rotatable bonds is 7. The molecule has 45 heavy (non-hydrogen) atoms. The van der Waals surface area contributed by atoms with Gasteiger partial charge in [-0.1, -0.05) is 62.0 Å². The van der Waals surface area contributed by atoms with Gasteiger partial charge in [0.2, 0.25) is 0 Å². The first-order valence-electron chi connectivity index (χ1n) is 14.2. The highest BCUT2D eigenvalue weighted by Gasteiger charge is 2.31. The average molecular weight is 639 g/mol. The molecule has 8 nitrogen and oxygen atoms in total. The van der Waals surface area contributed by atoms with Gasteiger partial charge in [0.05, 0.1) is 5.69 Å². The normalized spacial score (nSPS) is 15.6. The number of benzene rings is 3. The van der Waals surface area contributed by atoms with E-state index in [0.717, 1.165) is 41.7 Å². The van der Waals surface area contributed by atoms with E-state index in [4.69, 9.17) is 0 Å². The van der Waals surface area contributed by atoms with Crippen LogP contribution < -0.4 is 9.64 Å². The van der Waals surface area contributed by atoms with Gasteiger partial charge in [-0.05, 0) is 66.3 Å². The number of ether oxygens (including phenoxy) is 1. The Bertz CT molecular complexity index is 1700. The van der Waals surface area contributed by atoms with Crippen LogP contribution in [0, 0.1) is 6.92 Å². The zero-order chi connectivity index (χ0) is 32.1. The number of thioether (sulfide) groups is 1. The van der Waals surface area contributed by atoms with Crippen molar-refractivity contribution in [3.8, 4) is 22.8 Å². The van der Waals surface area contributed by atoms with Crippen LogP contribution in [0.25, 0.3) is 17.1 Å². The fraction of sp³-hybridized carbons (Fsp3) is 0.281. The molecule has 0 N–H and O–H groups in total. The number of halogens is 4. The highest BCUT2D eigenvalue weighted by molar-refractivity contribution is 8.14. The van der Waals surface area contributed by atoms with Gasteiger partial charge < -0.3 is 9.64 Å². The third-order valence-electron chi connectivity index (χ3n) is 6.91. The molecule has 1 saturated heterocycles. The van der Waals surface area contributed by atoms with E-state index in [0.29, 0.717) is 22.2 Å². The highest BCUT2D eigenvalue weighted by atomic mass is 32.2. The summed E-state index contributed by atoms with van der Waals surface area (Å²) in [5.41, 5.74) is 4.63. The second kappa shape index (κ2) is 13.6. The molecule has 0 spiro atoms. The molecule has 2 amide bonds. The molecule has 13 heteroatoms. The van der Waals surface area contributed by atoms with E-state index in [2.05, 4.69) is 56.9 Å². The number of anilines is 1. The van der Waals surface area contributed by atoms with Gasteiger partial charge >= 0.3 is 12.4 Å². The van der Waals surface area contributed by atoms with Crippen LogP contribution in [0.5, 0.6) is 5.75 Å². The summed E-state index contributed by atoms with van der Waals surface area (Å²) < 4.78 is 57.5. The Kier molecular flexibility index (Phi) is 9.66. The lowest BCUT2D eigenvalue weighted by Gasteiger charge is -2.32.